The van der Waals surface area contributed by atoms with Gasteiger partial charge in [-0.3, -0.25) is 4.79 Å². The molecule has 0 spiro atoms. The summed E-state index contributed by atoms with van der Waals surface area (Å²) in [6.07, 6.45) is -51.3. The predicted molar refractivity (Wildman–Crippen MR) is 227 cm³/mol. The van der Waals surface area contributed by atoms with Crippen LogP contribution < -0.4 is 26.4 Å². The van der Waals surface area contributed by atoms with Crippen molar-refractivity contribution in [2.45, 2.75) is 56.0 Å². The van der Waals surface area contributed by atoms with Crippen molar-refractivity contribution in [3.63, 3.8) is 0 Å². The zero-order valence-electron chi connectivity index (χ0n) is 37.4. The number of benzene rings is 6. The molecule has 0 aliphatic carbocycles. The summed E-state index contributed by atoms with van der Waals surface area (Å²) in [6.45, 7) is 0.211. The number of halogens is 24. The normalized spacial score (nSPS) is 13.4. The van der Waals surface area contributed by atoms with Gasteiger partial charge in [-0.25, -0.2) is 0 Å². The molecular weight excluding hydrogens is 1100 g/mol. The average molecular weight is 1130 g/mol. The molecule has 0 saturated heterocycles. The number of carbonyl (C=O) groups is 1. The summed E-state index contributed by atoms with van der Waals surface area (Å²) in [5, 5.41) is 11.7. The molecule has 0 amide bonds. The van der Waals surface area contributed by atoms with Crippen LogP contribution in [0.15, 0.2) is 140 Å². The van der Waals surface area contributed by atoms with Crippen molar-refractivity contribution in [1.29, 1.82) is 0 Å². The molecule has 7 rings (SSSR count). The first-order valence-electron chi connectivity index (χ1n) is 21.0. The third-order valence-electron chi connectivity index (χ3n) is 11.7. The highest BCUT2D eigenvalue weighted by atomic mass is 19.4. The van der Waals surface area contributed by atoms with Crippen LogP contribution >= 0.6 is 0 Å². The Morgan fingerprint density at radius 2 is 0.623 bits per heavy atom. The molecule has 7 aromatic rings. The van der Waals surface area contributed by atoms with Gasteiger partial charge in [-0.2, -0.15) is 132 Å². The number of fused-ring (bicyclic) bond motifs is 1. The van der Waals surface area contributed by atoms with Crippen molar-refractivity contribution in [2.75, 3.05) is 0 Å². The molecule has 0 aliphatic heterocycles. The first kappa shape index (κ1) is 58.8. The fourth-order valence-corrected chi connectivity index (χ4v) is 8.33. The molecule has 1 heterocycles. The van der Waals surface area contributed by atoms with Crippen molar-refractivity contribution in [2.24, 2.45) is 0 Å². The lowest BCUT2D eigenvalue weighted by Gasteiger charge is -2.46. The molecule has 0 fully saturated rings. The topological polar surface area (TPSA) is 41.2 Å². The Morgan fingerprint density at radius 3 is 0.896 bits per heavy atom. The number of carbonyl (C=O) groups excluding carboxylic acids is 1. The lowest BCUT2D eigenvalue weighted by molar-refractivity contribution is -0.682. The van der Waals surface area contributed by atoms with Crippen LogP contribution in [0.5, 0.6) is 5.75 Å². The van der Waals surface area contributed by atoms with E-state index in [-0.39, 0.29) is 18.1 Å². The van der Waals surface area contributed by atoms with Crippen LogP contribution in [0.2, 0.25) is 0 Å². The molecule has 0 unspecified atom stereocenters. The Kier molecular flexibility index (Phi) is 15.4. The summed E-state index contributed by atoms with van der Waals surface area (Å²) in [7, 11) is 0. The first-order valence-corrected chi connectivity index (χ1v) is 21.0. The fourth-order valence-electron chi connectivity index (χ4n) is 8.33. The van der Waals surface area contributed by atoms with Gasteiger partial charge in [0.1, 0.15) is 6.15 Å². The number of rotatable bonds is 7. The maximum atomic E-state index is 14.2. The van der Waals surface area contributed by atoms with E-state index < -0.39 is 195 Å². The fraction of sp³-hybridized carbons (Fsp3) is 0.184. The van der Waals surface area contributed by atoms with Crippen molar-refractivity contribution in [1.82, 2.24) is 0 Å². The van der Waals surface area contributed by atoms with Crippen LogP contribution in [0.3, 0.4) is 0 Å². The van der Waals surface area contributed by atoms with E-state index in [0.29, 0.717) is 5.56 Å². The van der Waals surface area contributed by atoms with Crippen molar-refractivity contribution in [3.05, 3.63) is 190 Å². The monoisotopic (exact) mass is 1130 g/mol. The molecule has 0 radical (unpaired) electrons. The Morgan fingerprint density at radius 1 is 0.364 bits per heavy atom. The maximum Gasteiger partial charge on any atom is 0.416 e. The third-order valence-corrected chi connectivity index (χ3v) is 11.7. The summed E-state index contributed by atoms with van der Waals surface area (Å²) in [5.74, 6) is 0.203. The molecule has 28 heteroatoms. The lowest BCUT2D eigenvalue weighted by atomic mass is 9.12. The van der Waals surface area contributed by atoms with Crippen LogP contribution in [-0.4, -0.2) is 17.0 Å². The zero-order valence-corrected chi connectivity index (χ0v) is 37.4. The second-order valence-corrected chi connectivity index (χ2v) is 16.9. The number of hydrogen-bond donors (Lipinski definition) is 1. The number of nitrogens with zero attached hydrogens (tertiary/aromatic N) is 1. The SMILES string of the molecule is FC(F)(F)c1cc([B-](c2cc(C(F)(F)F)cc(C(F)(F)F)c2)(c2cc(C(F)(F)F)cc(C(F)(F)F)c2)c2cc(C(F)(F)F)cc(C(F)(F)F)c2)cc(C(F)(F)F)c1.O=C(C[n+]1cc(O)c2ccccc2c1)c1ccccc1. The summed E-state index contributed by atoms with van der Waals surface area (Å²) < 4.78 is 343. The van der Waals surface area contributed by atoms with E-state index >= 15 is 0 Å². The predicted octanol–water partition coefficient (Wildman–Crippen LogP) is 13.9. The molecule has 0 atom stereocenters. The van der Waals surface area contributed by atoms with Gasteiger partial charge in [0.05, 0.1) is 44.5 Å². The number of Topliss-reactive ketones (excluding diaryl/α,β-unsaturated/α-hetero) is 1. The second kappa shape index (κ2) is 20.2. The van der Waals surface area contributed by atoms with Gasteiger partial charge in [0, 0.05) is 16.3 Å². The number of aromatic hydroxyl groups is 1. The summed E-state index contributed by atoms with van der Waals surface area (Å²) in [4.78, 5) is 12.2. The molecule has 1 aromatic heterocycles. The van der Waals surface area contributed by atoms with E-state index in [2.05, 4.69) is 0 Å². The van der Waals surface area contributed by atoms with Gasteiger partial charge in [0.2, 0.25) is 18.5 Å². The third kappa shape index (κ3) is 13.2. The quantitative estimate of drug-likeness (QED) is 0.0748. The molecule has 0 aliphatic rings. The van der Waals surface area contributed by atoms with Gasteiger partial charge in [-0.1, -0.05) is 97.1 Å². The zero-order chi connectivity index (χ0) is 57.9. The average Bonchev–Trinajstić information content (AvgIpc) is 3.30. The molecule has 77 heavy (non-hydrogen) atoms. The van der Waals surface area contributed by atoms with Crippen LogP contribution in [-0.2, 0) is 56.0 Å². The highest BCUT2D eigenvalue weighted by molar-refractivity contribution is 7.20. The minimum absolute atomic E-state index is 0.0188. The van der Waals surface area contributed by atoms with Crippen LogP contribution in [0.25, 0.3) is 10.8 Å². The maximum absolute atomic E-state index is 14.2. The summed E-state index contributed by atoms with van der Waals surface area (Å²) in [5.41, 5.74) is -29.5. The lowest BCUT2D eigenvalue weighted by Crippen LogP contribution is -2.75. The van der Waals surface area contributed by atoms with Crippen LogP contribution in [0.4, 0.5) is 105 Å². The number of ketones is 1. The van der Waals surface area contributed by atoms with Crippen LogP contribution in [0.1, 0.15) is 54.9 Å². The smallest absolute Gasteiger partial charge is 0.416 e. The minimum atomic E-state index is -6.13. The van der Waals surface area contributed by atoms with E-state index in [4.69, 9.17) is 0 Å². The van der Waals surface area contributed by atoms with Gasteiger partial charge in [0.15, 0.2) is 11.9 Å². The number of hydrogen-bond acceptors (Lipinski definition) is 2. The van der Waals surface area contributed by atoms with Crippen LogP contribution in [0, 0.1) is 0 Å². The minimum Gasteiger partial charge on any atom is -0.502 e. The Bertz CT molecular complexity index is 2870. The Hall–Kier alpha value is -7.42. The van der Waals surface area contributed by atoms with Gasteiger partial charge >= 0.3 is 49.4 Å². The molecular formula is C49H26BF24NO2. The molecule has 0 bridgehead atoms. The molecule has 0 saturated carbocycles. The molecule has 6 aromatic carbocycles. The number of pyridine rings is 1. The molecule has 1 N–H and O–H groups in total. The van der Waals surface area contributed by atoms with E-state index in [1.807, 2.05) is 48.7 Å². The molecule has 3 nitrogen and oxygen atoms in total. The summed E-state index contributed by atoms with van der Waals surface area (Å²) in [6, 6.07) is 7.90. The van der Waals surface area contributed by atoms with Gasteiger partial charge < -0.3 is 5.11 Å². The van der Waals surface area contributed by atoms with Crippen molar-refractivity contribution < 1.29 is 120 Å². The second-order valence-electron chi connectivity index (χ2n) is 16.9. The van der Waals surface area contributed by atoms with E-state index in [1.165, 1.54) is 0 Å². The van der Waals surface area contributed by atoms with E-state index in [0.717, 1.165) is 10.8 Å². The van der Waals surface area contributed by atoms with Gasteiger partial charge in [-0.15, -0.1) is 0 Å². The largest absolute Gasteiger partial charge is 0.502 e. The standard InChI is InChI=1S/C32H12BF24.C17H13NO2/c34-25(35,36)13-1-14(26(37,38)39)6-21(5-13)33(22-7-15(27(40,41)42)2-16(8-22)28(43,44)45,23-9-17(29(46,47)48)3-18(10-23)30(49,50)51)24-11-19(31(52,53)54)4-20(12-24)32(55,56)57;19-16(13-6-2-1-3-7-13)11-18-10-14-8-4-5-9-15(14)17(20)12-18/h1-12H;1-10,12H,11H2/q-1;/p+1. The Balaban J connectivity index is 0.000000397. The first-order chi connectivity index (χ1) is 35.0. The highest BCUT2D eigenvalue weighted by Gasteiger charge is 2.47. The van der Waals surface area contributed by atoms with Gasteiger partial charge in [0.25, 0.3) is 0 Å². The van der Waals surface area contributed by atoms with E-state index in [1.54, 1.807) is 22.9 Å². The van der Waals surface area contributed by atoms with Gasteiger partial charge in [-0.05, 0) is 30.3 Å². The van der Waals surface area contributed by atoms with Crippen molar-refractivity contribution >= 4 is 44.6 Å². The Labute approximate surface area is 415 Å². The molecule has 410 valence electrons. The highest BCUT2D eigenvalue weighted by Crippen LogP contribution is 2.41. The summed E-state index contributed by atoms with van der Waals surface area (Å²) >= 11 is 0. The van der Waals surface area contributed by atoms with E-state index in [9.17, 15) is 115 Å². The number of aromatic nitrogens is 1. The number of alkyl halides is 24. The van der Waals surface area contributed by atoms with Crippen molar-refractivity contribution in [3.8, 4) is 5.75 Å².